The number of nitrogens with two attached hydrogens (primary N) is 1. The van der Waals surface area contributed by atoms with Crippen molar-refractivity contribution in [2.45, 2.75) is 0 Å². The van der Waals surface area contributed by atoms with Crippen LogP contribution < -0.4 is 5.73 Å². The molecule has 2 aromatic heterocycles. The number of hydrogen-bond acceptors (Lipinski definition) is 7. The van der Waals surface area contributed by atoms with Crippen LogP contribution in [0.5, 0.6) is 0 Å². The summed E-state index contributed by atoms with van der Waals surface area (Å²) in [5.74, 6) is 0.422. The van der Waals surface area contributed by atoms with Crippen molar-refractivity contribution in [3.8, 4) is 22.2 Å². The molecule has 1 aromatic carbocycles. The van der Waals surface area contributed by atoms with Crippen LogP contribution in [0.3, 0.4) is 0 Å². The molecule has 7 nitrogen and oxygen atoms in total. The molecule has 0 aliphatic heterocycles. The summed E-state index contributed by atoms with van der Waals surface area (Å²) < 4.78 is 5.13. The first-order valence-corrected chi connectivity index (χ1v) is 6.45. The van der Waals surface area contributed by atoms with Gasteiger partial charge in [0, 0.05) is 6.07 Å². The normalized spacial score (nSPS) is 10.6. The summed E-state index contributed by atoms with van der Waals surface area (Å²) in [6.07, 6.45) is 0. The summed E-state index contributed by atoms with van der Waals surface area (Å²) in [5, 5.41) is 16.6. The van der Waals surface area contributed by atoms with Crippen LogP contribution in [0.1, 0.15) is 0 Å². The van der Waals surface area contributed by atoms with Gasteiger partial charge in [0.2, 0.25) is 5.82 Å². The molecule has 100 valence electrons. The lowest BCUT2D eigenvalue weighted by Gasteiger charge is -1.96. The van der Waals surface area contributed by atoms with Gasteiger partial charge in [0.25, 0.3) is 11.6 Å². The van der Waals surface area contributed by atoms with Crippen molar-refractivity contribution in [3.05, 3.63) is 45.8 Å². The van der Waals surface area contributed by atoms with E-state index in [2.05, 4.69) is 10.1 Å². The number of nitro groups is 1. The van der Waals surface area contributed by atoms with Crippen LogP contribution in [-0.4, -0.2) is 15.1 Å². The summed E-state index contributed by atoms with van der Waals surface area (Å²) in [5.41, 5.74) is 6.55. The quantitative estimate of drug-likeness (QED) is 0.586. The molecule has 0 bridgehead atoms. The molecule has 2 heterocycles. The van der Waals surface area contributed by atoms with Crippen LogP contribution >= 0.6 is 11.3 Å². The van der Waals surface area contributed by atoms with Crippen LogP contribution in [0.2, 0.25) is 0 Å². The minimum absolute atomic E-state index is 0.0704. The molecule has 0 saturated heterocycles. The minimum Gasteiger partial charge on any atom is -0.397 e. The number of rotatable bonds is 3. The van der Waals surface area contributed by atoms with Gasteiger partial charge >= 0.3 is 0 Å². The number of aromatic nitrogens is 2. The van der Waals surface area contributed by atoms with E-state index in [1.165, 1.54) is 17.4 Å². The Morgan fingerprint density at radius 2 is 2.10 bits per heavy atom. The van der Waals surface area contributed by atoms with Crippen molar-refractivity contribution in [1.29, 1.82) is 0 Å². The average Bonchev–Trinajstić information content (AvgIpc) is 3.07. The fourth-order valence-corrected chi connectivity index (χ4v) is 2.48. The Bertz CT molecular complexity index is 780. The highest BCUT2D eigenvalue weighted by Crippen LogP contribution is 2.33. The monoisotopic (exact) mass is 288 g/mol. The molecule has 0 unspecified atom stereocenters. The first-order chi connectivity index (χ1) is 9.66. The lowest BCUT2D eigenvalue weighted by atomic mass is 10.2. The zero-order valence-electron chi connectivity index (χ0n) is 10.0. The third kappa shape index (κ3) is 2.01. The predicted octanol–water partition coefficient (Wildman–Crippen LogP) is 2.96. The molecule has 2 N–H and O–H groups in total. The third-order valence-electron chi connectivity index (χ3n) is 2.66. The van der Waals surface area contributed by atoms with Gasteiger partial charge in [-0.15, -0.1) is 11.3 Å². The van der Waals surface area contributed by atoms with Gasteiger partial charge in [-0.25, -0.2) is 0 Å². The van der Waals surface area contributed by atoms with Gasteiger partial charge in [0.15, 0.2) is 0 Å². The van der Waals surface area contributed by atoms with Gasteiger partial charge in [-0.1, -0.05) is 17.3 Å². The molecule has 0 aliphatic rings. The zero-order valence-corrected chi connectivity index (χ0v) is 10.8. The molecular weight excluding hydrogens is 280 g/mol. The van der Waals surface area contributed by atoms with Crippen molar-refractivity contribution in [2.24, 2.45) is 0 Å². The average molecular weight is 288 g/mol. The number of nitrogen functional groups attached to an aromatic ring is 1. The van der Waals surface area contributed by atoms with Gasteiger partial charge in [-0.3, -0.25) is 10.1 Å². The summed E-state index contributed by atoms with van der Waals surface area (Å²) in [6, 6.07) is 7.96. The summed E-state index contributed by atoms with van der Waals surface area (Å²) in [4.78, 5) is 15.3. The second kappa shape index (κ2) is 4.74. The number of benzene rings is 1. The van der Waals surface area contributed by atoms with Crippen LogP contribution in [0, 0.1) is 10.1 Å². The van der Waals surface area contributed by atoms with Crippen molar-refractivity contribution < 1.29 is 9.45 Å². The highest BCUT2D eigenvalue weighted by atomic mass is 32.1. The molecule has 0 atom stereocenters. The van der Waals surface area contributed by atoms with Crippen molar-refractivity contribution in [1.82, 2.24) is 10.1 Å². The lowest BCUT2D eigenvalue weighted by molar-refractivity contribution is -0.384. The van der Waals surface area contributed by atoms with E-state index in [9.17, 15) is 10.1 Å². The largest absolute Gasteiger partial charge is 0.397 e. The minimum atomic E-state index is -0.481. The van der Waals surface area contributed by atoms with E-state index in [1.54, 1.807) is 29.6 Å². The molecule has 0 saturated carbocycles. The van der Waals surface area contributed by atoms with E-state index in [0.29, 0.717) is 16.1 Å². The van der Waals surface area contributed by atoms with E-state index < -0.39 is 4.92 Å². The van der Waals surface area contributed by atoms with Gasteiger partial charge in [0.05, 0.1) is 10.6 Å². The molecule has 8 heteroatoms. The maximum Gasteiger partial charge on any atom is 0.280 e. The van der Waals surface area contributed by atoms with E-state index in [4.69, 9.17) is 10.3 Å². The molecule has 0 radical (unpaired) electrons. The Morgan fingerprint density at radius 1 is 1.30 bits per heavy atom. The van der Waals surface area contributed by atoms with Crippen LogP contribution in [0.25, 0.3) is 22.2 Å². The van der Waals surface area contributed by atoms with Gasteiger partial charge in [-0.2, -0.15) is 4.98 Å². The molecule has 0 aliphatic carbocycles. The van der Waals surface area contributed by atoms with Crippen LogP contribution in [0.4, 0.5) is 11.4 Å². The van der Waals surface area contributed by atoms with E-state index in [0.717, 1.165) is 0 Å². The van der Waals surface area contributed by atoms with Crippen LogP contribution in [0.15, 0.2) is 40.2 Å². The van der Waals surface area contributed by atoms with Gasteiger partial charge in [-0.05, 0) is 17.5 Å². The summed E-state index contributed by atoms with van der Waals surface area (Å²) in [6.45, 7) is 0. The van der Waals surface area contributed by atoms with E-state index in [-0.39, 0.29) is 17.4 Å². The molecule has 0 fully saturated rings. The fourth-order valence-electron chi connectivity index (χ4n) is 1.74. The van der Waals surface area contributed by atoms with Gasteiger partial charge < -0.3 is 10.3 Å². The molecule has 20 heavy (non-hydrogen) atoms. The predicted molar refractivity (Wildman–Crippen MR) is 74.1 cm³/mol. The SMILES string of the molecule is Nc1ccsc1-c1nc(-c2ccccc2[N+](=O)[O-])no1. The first-order valence-electron chi connectivity index (χ1n) is 5.57. The number of anilines is 1. The first kappa shape index (κ1) is 12.3. The zero-order chi connectivity index (χ0) is 14.1. The smallest absolute Gasteiger partial charge is 0.280 e. The molecule has 3 rings (SSSR count). The van der Waals surface area contributed by atoms with E-state index >= 15 is 0 Å². The molecule has 0 amide bonds. The second-order valence-electron chi connectivity index (χ2n) is 3.90. The Balaban J connectivity index is 2.07. The maximum absolute atomic E-state index is 11.0. The topological polar surface area (TPSA) is 108 Å². The Hall–Kier alpha value is -2.74. The third-order valence-corrected chi connectivity index (χ3v) is 3.58. The van der Waals surface area contributed by atoms with E-state index in [1.807, 2.05) is 0 Å². The number of hydrogen-bond donors (Lipinski definition) is 1. The molecule has 3 aromatic rings. The summed E-state index contributed by atoms with van der Waals surface area (Å²) in [7, 11) is 0. The fraction of sp³-hybridized carbons (Fsp3) is 0. The second-order valence-corrected chi connectivity index (χ2v) is 4.82. The van der Waals surface area contributed by atoms with Crippen LogP contribution in [-0.2, 0) is 0 Å². The number of nitrogens with zero attached hydrogens (tertiary/aromatic N) is 3. The molecule has 0 spiro atoms. The van der Waals surface area contributed by atoms with Gasteiger partial charge in [0.1, 0.15) is 10.4 Å². The van der Waals surface area contributed by atoms with Crippen molar-refractivity contribution in [2.75, 3.05) is 5.73 Å². The Kier molecular flexibility index (Phi) is 2.92. The highest BCUT2D eigenvalue weighted by Gasteiger charge is 2.20. The standard InChI is InChI=1S/C12H8N4O3S/c13-8-5-6-20-10(8)12-14-11(15-19-12)7-3-1-2-4-9(7)16(17)18/h1-6H,13H2. The number of nitro benzene ring substituents is 1. The molecular formula is C12H8N4O3S. The lowest BCUT2D eigenvalue weighted by Crippen LogP contribution is -1.92. The summed E-state index contributed by atoms with van der Waals surface area (Å²) >= 11 is 1.37. The Labute approximate surface area is 116 Å². The van der Waals surface area contributed by atoms with Crippen molar-refractivity contribution >= 4 is 22.7 Å². The maximum atomic E-state index is 11.0. The number of para-hydroxylation sites is 1. The van der Waals surface area contributed by atoms with Crippen molar-refractivity contribution in [3.63, 3.8) is 0 Å². The number of thiophene rings is 1. The Morgan fingerprint density at radius 3 is 2.80 bits per heavy atom. The highest BCUT2D eigenvalue weighted by molar-refractivity contribution is 7.14.